The molecule has 0 bridgehead atoms. The van der Waals surface area contributed by atoms with Crippen LogP contribution in [0.5, 0.6) is 11.6 Å². The van der Waals surface area contributed by atoms with Crippen molar-refractivity contribution in [3.05, 3.63) is 53.2 Å². The van der Waals surface area contributed by atoms with Crippen molar-refractivity contribution >= 4 is 5.97 Å². The van der Waals surface area contributed by atoms with Crippen LogP contribution in [0.1, 0.15) is 16.1 Å². The molecule has 0 fully saturated rings. The molecule has 0 radical (unpaired) electrons. The predicted octanol–water partition coefficient (Wildman–Crippen LogP) is 3.16. The lowest BCUT2D eigenvalue weighted by Gasteiger charge is -2.07. The van der Waals surface area contributed by atoms with Crippen LogP contribution in [0.25, 0.3) is 0 Å². The third kappa shape index (κ3) is 3.04. The van der Waals surface area contributed by atoms with Crippen LogP contribution >= 0.6 is 0 Å². The average molecular weight is 265 g/mol. The molecule has 1 N–H and O–H groups in total. The fourth-order valence-electron chi connectivity index (χ4n) is 1.48. The van der Waals surface area contributed by atoms with Crippen LogP contribution in [0.4, 0.5) is 8.78 Å². The summed E-state index contributed by atoms with van der Waals surface area (Å²) in [5, 5.41) is 8.88. The number of carbonyl (C=O) groups is 1. The van der Waals surface area contributed by atoms with E-state index < -0.39 is 17.6 Å². The molecule has 19 heavy (non-hydrogen) atoms. The highest BCUT2D eigenvalue weighted by molar-refractivity contribution is 5.88. The second-order valence-electron chi connectivity index (χ2n) is 3.82. The minimum Gasteiger partial charge on any atom is -0.478 e. The van der Waals surface area contributed by atoms with E-state index in [0.29, 0.717) is 11.8 Å². The molecule has 0 aliphatic carbocycles. The number of hydrogen-bond acceptors (Lipinski definition) is 3. The SMILES string of the molecule is Cc1cc(C(=O)O)cc(Oc2ccc(F)cc2F)n1. The van der Waals surface area contributed by atoms with Gasteiger partial charge in [-0.25, -0.2) is 18.6 Å². The van der Waals surface area contributed by atoms with Crippen molar-refractivity contribution in [3.63, 3.8) is 0 Å². The van der Waals surface area contributed by atoms with Gasteiger partial charge < -0.3 is 9.84 Å². The van der Waals surface area contributed by atoms with Crippen molar-refractivity contribution in [2.45, 2.75) is 6.92 Å². The number of pyridine rings is 1. The molecule has 0 aliphatic rings. The van der Waals surface area contributed by atoms with Crippen molar-refractivity contribution in [3.8, 4) is 11.6 Å². The quantitative estimate of drug-likeness (QED) is 0.926. The van der Waals surface area contributed by atoms with Crippen molar-refractivity contribution in [2.75, 3.05) is 0 Å². The van der Waals surface area contributed by atoms with Crippen molar-refractivity contribution < 1.29 is 23.4 Å². The first-order valence-electron chi connectivity index (χ1n) is 5.30. The Hall–Kier alpha value is -2.50. The van der Waals surface area contributed by atoms with Gasteiger partial charge in [-0.2, -0.15) is 0 Å². The van der Waals surface area contributed by atoms with E-state index in [1.807, 2.05) is 0 Å². The Morgan fingerprint density at radius 3 is 2.63 bits per heavy atom. The summed E-state index contributed by atoms with van der Waals surface area (Å²) in [7, 11) is 0. The summed E-state index contributed by atoms with van der Waals surface area (Å²) in [4.78, 5) is 14.8. The molecule has 0 amide bonds. The summed E-state index contributed by atoms with van der Waals surface area (Å²) in [5.74, 6) is -3.05. The molecular weight excluding hydrogens is 256 g/mol. The van der Waals surface area contributed by atoms with Gasteiger partial charge in [-0.1, -0.05) is 0 Å². The second-order valence-corrected chi connectivity index (χ2v) is 3.82. The average Bonchev–Trinajstić information content (AvgIpc) is 2.32. The largest absolute Gasteiger partial charge is 0.478 e. The van der Waals surface area contributed by atoms with Crippen LogP contribution < -0.4 is 4.74 Å². The maximum atomic E-state index is 13.4. The number of ether oxygens (including phenoxy) is 1. The number of rotatable bonds is 3. The second kappa shape index (κ2) is 5.01. The molecule has 0 saturated carbocycles. The zero-order valence-corrected chi connectivity index (χ0v) is 9.85. The van der Waals surface area contributed by atoms with E-state index in [4.69, 9.17) is 9.84 Å². The first-order valence-corrected chi connectivity index (χ1v) is 5.30. The summed E-state index contributed by atoms with van der Waals surface area (Å²) in [5.41, 5.74) is 0.391. The highest BCUT2D eigenvalue weighted by Gasteiger charge is 2.11. The van der Waals surface area contributed by atoms with Gasteiger partial charge in [0, 0.05) is 17.8 Å². The molecule has 6 heteroatoms. The Morgan fingerprint density at radius 2 is 2.00 bits per heavy atom. The van der Waals surface area contributed by atoms with Crippen molar-refractivity contribution in [2.24, 2.45) is 0 Å². The van der Waals surface area contributed by atoms with Crippen LogP contribution in [0.2, 0.25) is 0 Å². The minimum absolute atomic E-state index is 0.0231. The molecule has 0 aliphatic heterocycles. The van der Waals surface area contributed by atoms with E-state index >= 15 is 0 Å². The van der Waals surface area contributed by atoms with Crippen LogP contribution in [-0.2, 0) is 0 Å². The molecule has 0 spiro atoms. The van der Waals surface area contributed by atoms with E-state index in [1.165, 1.54) is 6.07 Å². The number of carboxylic acid groups (broad SMARTS) is 1. The van der Waals surface area contributed by atoms with Gasteiger partial charge >= 0.3 is 5.97 Å². The first kappa shape index (κ1) is 12.9. The lowest BCUT2D eigenvalue weighted by Crippen LogP contribution is -2.00. The van der Waals surface area contributed by atoms with Crippen LogP contribution in [0, 0.1) is 18.6 Å². The standard InChI is InChI=1S/C13H9F2NO3/c1-7-4-8(13(17)18)5-12(16-7)19-11-3-2-9(14)6-10(11)15/h2-6H,1H3,(H,17,18). The molecule has 0 saturated heterocycles. The number of nitrogens with zero attached hydrogens (tertiary/aromatic N) is 1. The van der Waals surface area contributed by atoms with Crippen molar-refractivity contribution in [1.29, 1.82) is 0 Å². The van der Waals surface area contributed by atoms with Crippen molar-refractivity contribution in [1.82, 2.24) is 4.98 Å². The summed E-state index contributed by atoms with van der Waals surface area (Å²) in [6.45, 7) is 1.58. The number of aromatic nitrogens is 1. The normalized spacial score (nSPS) is 10.3. The first-order chi connectivity index (χ1) is 8.95. The minimum atomic E-state index is -1.14. The Bertz CT molecular complexity index is 644. The Balaban J connectivity index is 2.35. The van der Waals surface area contributed by atoms with Gasteiger partial charge in [0.15, 0.2) is 11.6 Å². The van der Waals surface area contributed by atoms with Crippen LogP contribution in [-0.4, -0.2) is 16.1 Å². The molecule has 1 aromatic carbocycles. The fourth-order valence-corrected chi connectivity index (χ4v) is 1.48. The molecule has 1 heterocycles. The Morgan fingerprint density at radius 1 is 1.26 bits per heavy atom. The number of halogens is 2. The summed E-state index contributed by atoms with van der Waals surface area (Å²) >= 11 is 0. The van der Waals surface area contributed by atoms with E-state index in [-0.39, 0.29) is 17.2 Å². The molecular formula is C13H9F2NO3. The summed E-state index contributed by atoms with van der Waals surface area (Å²) < 4.78 is 31.2. The fraction of sp³-hybridized carbons (Fsp3) is 0.0769. The molecule has 1 aromatic heterocycles. The van der Waals surface area contributed by atoms with Gasteiger partial charge in [0.05, 0.1) is 5.56 Å². The van der Waals surface area contributed by atoms with Gasteiger partial charge in [0.1, 0.15) is 5.82 Å². The van der Waals surface area contributed by atoms with E-state index in [1.54, 1.807) is 6.92 Å². The summed E-state index contributed by atoms with van der Waals surface area (Å²) in [6.07, 6.45) is 0. The maximum absolute atomic E-state index is 13.4. The number of hydrogen-bond donors (Lipinski definition) is 1. The van der Waals surface area contributed by atoms with E-state index in [9.17, 15) is 13.6 Å². The van der Waals surface area contributed by atoms with E-state index in [2.05, 4.69) is 4.98 Å². The smallest absolute Gasteiger partial charge is 0.335 e. The Kier molecular flexibility index (Phi) is 3.41. The molecule has 4 nitrogen and oxygen atoms in total. The number of benzene rings is 1. The van der Waals surface area contributed by atoms with Gasteiger partial charge in [0.2, 0.25) is 5.88 Å². The van der Waals surface area contributed by atoms with Gasteiger partial charge in [0.25, 0.3) is 0 Å². The molecule has 2 rings (SSSR count). The highest BCUT2D eigenvalue weighted by atomic mass is 19.1. The lowest BCUT2D eigenvalue weighted by atomic mass is 10.2. The molecule has 0 unspecified atom stereocenters. The third-order valence-electron chi connectivity index (χ3n) is 2.29. The highest BCUT2D eigenvalue weighted by Crippen LogP contribution is 2.24. The van der Waals surface area contributed by atoms with Gasteiger partial charge in [-0.05, 0) is 25.1 Å². The Labute approximate surface area is 107 Å². The molecule has 0 atom stereocenters. The summed E-state index contributed by atoms with van der Waals surface area (Å²) in [6, 6.07) is 5.33. The number of carboxylic acids is 1. The van der Waals surface area contributed by atoms with E-state index in [0.717, 1.165) is 18.2 Å². The van der Waals surface area contributed by atoms with Gasteiger partial charge in [-0.3, -0.25) is 0 Å². The van der Waals surface area contributed by atoms with Gasteiger partial charge in [-0.15, -0.1) is 0 Å². The molecule has 98 valence electrons. The molecule has 2 aromatic rings. The monoisotopic (exact) mass is 265 g/mol. The lowest BCUT2D eigenvalue weighted by molar-refractivity contribution is 0.0696. The number of aryl methyl sites for hydroxylation is 1. The van der Waals surface area contributed by atoms with Crippen LogP contribution in [0.3, 0.4) is 0 Å². The zero-order chi connectivity index (χ0) is 14.0. The number of aromatic carboxylic acids is 1. The maximum Gasteiger partial charge on any atom is 0.335 e. The third-order valence-corrected chi connectivity index (χ3v) is 2.29. The zero-order valence-electron chi connectivity index (χ0n) is 9.85. The van der Waals surface area contributed by atoms with Crippen LogP contribution in [0.15, 0.2) is 30.3 Å². The topological polar surface area (TPSA) is 59.4 Å². The predicted molar refractivity (Wildman–Crippen MR) is 62.4 cm³/mol.